The molecule has 2 aromatic rings. The third kappa shape index (κ3) is 4.62. The molecule has 1 saturated carbocycles. The van der Waals surface area contributed by atoms with Crippen LogP contribution in [0.5, 0.6) is 0 Å². The van der Waals surface area contributed by atoms with Gasteiger partial charge >= 0.3 is 6.18 Å². The molecule has 2 fully saturated rings. The van der Waals surface area contributed by atoms with Crippen LogP contribution >= 0.6 is 0 Å². The Bertz CT molecular complexity index is 969. The highest BCUT2D eigenvalue weighted by molar-refractivity contribution is 5.94. The second kappa shape index (κ2) is 8.53. The van der Waals surface area contributed by atoms with Gasteiger partial charge in [-0.2, -0.15) is 13.2 Å². The highest BCUT2D eigenvalue weighted by Gasteiger charge is 2.39. The quantitative estimate of drug-likeness (QED) is 0.427. The minimum Gasteiger partial charge on any atom is -0.354 e. The van der Waals surface area contributed by atoms with Crippen LogP contribution in [0.25, 0.3) is 0 Å². The van der Waals surface area contributed by atoms with E-state index in [2.05, 4.69) is 9.97 Å². The lowest BCUT2D eigenvalue weighted by Crippen LogP contribution is -2.49. The Kier molecular flexibility index (Phi) is 5.93. The Balaban J connectivity index is 1.44. The number of carbonyl (C=O) groups is 1. The minimum absolute atomic E-state index is 0.0411. The number of amides is 1. The summed E-state index contributed by atoms with van der Waals surface area (Å²) in [6.45, 7) is 0.789. The van der Waals surface area contributed by atoms with E-state index in [-0.39, 0.29) is 23.8 Å². The molecule has 1 aliphatic heterocycles. The van der Waals surface area contributed by atoms with Crippen LogP contribution in [0, 0.1) is 5.82 Å². The largest absolute Gasteiger partial charge is 0.417 e. The van der Waals surface area contributed by atoms with E-state index in [1.807, 2.05) is 4.90 Å². The molecular weight excluding hydrogens is 428 g/mol. The van der Waals surface area contributed by atoms with Crippen molar-refractivity contribution < 1.29 is 22.4 Å². The Morgan fingerprint density at radius 1 is 1.09 bits per heavy atom. The molecular formula is C21H24F4N6O. The highest BCUT2D eigenvalue weighted by Crippen LogP contribution is 2.35. The Morgan fingerprint density at radius 3 is 2.25 bits per heavy atom. The van der Waals surface area contributed by atoms with E-state index in [0.717, 1.165) is 12.8 Å². The molecule has 0 spiro atoms. The zero-order valence-corrected chi connectivity index (χ0v) is 17.5. The lowest BCUT2D eigenvalue weighted by molar-refractivity contribution is -0.138. The Morgan fingerprint density at radius 2 is 1.75 bits per heavy atom. The van der Waals surface area contributed by atoms with Crippen molar-refractivity contribution in [1.82, 2.24) is 14.9 Å². The lowest BCUT2D eigenvalue weighted by atomic mass is 10.0. The van der Waals surface area contributed by atoms with Crippen molar-refractivity contribution in [3.8, 4) is 0 Å². The number of pyridine rings is 2. The van der Waals surface area contributed by atoms with Crippen molar-refractivity contribution >= 4 is 17.5 Å². The molecule has 172 valence electrons. The van der Waals surface area contributed by atoms with Crippen LogP contribution in [0.2, 0.25) is 0 Å². The number of nitrogens with zero attached hydrogens (tertiary/aromatic N) is 5. The van der Waals surface area contributed by atoms with Crippen LogP contribution in [-0.2, 0) is 6.18 Å². The van der Waals surface area contributed by atoms with Crippen LogP contribution in [0.1, 0.15) is 41.6 Å². The van der Waals surface area contributed by atoms with Gasteiger partial charge in [0, 0.05) is 44.6 Å². The zero-order chi connectivity index (χ0) is 23.0. The number of anilines is 2. The number of hydrazine groups is 1. The van der Waals surface area contributed by atoms with Crippen LogP contribution in [0.3, 0.4) is 0 Å². The van der Waals surface area contributed by atoms with Crippen molar-refractivity contribution in [3.63, 3.8) is 0 Å². The third-order valence-electron chi connectivity index (χ3n) is 5.84. The number of halogens is 4. The molecule has 0 aromatic carbocycles. The average Bonchev–Trinajstić information content (AvgIpc) is 3.59. The SMILES string of the molecule is CN(N)c1ccc(C(=O)N(C2CC2)C2CCN(c3ncc(C(F)(F)F)cc3F)CC2)cn1. The monoisotopic (exact) mass is 452 g/mol. The topological polar surface area (TPSA) is 78.6 Å². The van der Waals surface area contributed by atoms with Gasteiger partial charge in [0.2, 0.25) is 0 Å². The number of rotatable bonds is 5. The lowest BCUT2D eigenvalue weighted by Gasteiger charge is -2.39. The normalized spacial score (nSPS) is 17.4. The van der Waals surface area contributed by atoms with E-state index in [4.69, 9.17) is 5.84 Å². The maximum atomic E-state index is 14.3. The summed E-state index contributed by atoms with van der Waals surface area (Å²) in [4.78, 5) is 24.6. The molecule has 2 aliphatic rings. The number of piperidine rings is 1. The van der Waals surface area contributed by atoms with Crippen LogP contribution in [0.4, 0.5) is 29.2 Å². The summed E-state index contributed by atoms with van der Waals surface area (Å²) < 4.78 is 52.6. The van der Waals surface area contributed by atoms with Crippen molar-refractivity contribution in [2.24, 2.45) is 5.84 Å². The molecule has 4 rings (SSSR count). The predicted octanol–water partition coefficient (Wildman–Crippen LogP) is 3.22. The molecule has 3 heterocycles. The van der Waals surface area contributed by atoms with Gasteiger partial charge in [-0.15, -0.1) is 0 Å². The maximum Gasteiger partial charge on any atom is 0.417 e. The maximum absolute atomic E-state index is 14.3. The van der Waals surface area contributed by atoms with Gasteiger partial charge in [-0.1, -0.05) is 0 Å². The molecule has 0 atom stereocenters. The van der Waals surface area contributed by atoms with Gasteiger partial charge in [0.15, 0.2) is 11.6 Å². The molecule has 1 aliphatic carbocycles. The first-order valence-corrected chi connectivity index (χ1v) is 10.4. The number of hydrogen-bond donors (Lipinski definition) is 1. The van der Waals surface area contributed by atoms with Crippen molar-refractivity contribution in [1.29, 1.82) is 0 Å². The van der Waals surface area contributed by atoms with Gasteiger partial charge in [0.05, 0.1) is 11.1 Å². The number of aromatic nitrogens is 2. The second-order valence-electron chi connectivity index (χ2n) is 8.20. The molecule has 0 radical (unpaired) electrons. The van der Waals surface area contributed by atoms with Gasteiger partial charge in [0.1, 0.15) is 5.82 Å². The summed E-state index contributed by atoms with van der Waals surface area (Å²) >= 11 is 0. The second-order valence-corrected chi connectivity index (χ2v) is 8.20. The van der Waals surface area contributed by atoms with Gasteiger partial charge in [-0.05, 0) is 43.9 Å². The summed E-state index contributed by atoms with van der Waals surface area (Å²) in [7, 11) is 1.66. The summed E-state index contributed by atoms with van der Waals surface area (Å²) in [6, 6.07) is 3.97. The van der Waals surface area contributed by atoms with Gasteiger partial charge < -0.3 is 9.80 Å². The smallest absolute Gasteiger partial charge is 0.354 e. The summed E-state index contributed by atoms with van der Waals surface area (Å²) in [6.07, 6.45) is 0.517. The third-order valence-corrected chi connectivity index (χ3v) is 5.84. The molecule has 0 unspecified atom stereocenters. The minimum atomic E-state index is -4.64. The van der Waals surface area contributed by atoms with E-state index >= 15 is 0 Å². The fraction of sp³-hybridized carbons (Fsp3) is 0.476. The van der Waals surface area contributed by atoms with E-state index in [1.54, 1.807) is 24.1 Å². The number of alkyl halides is 3. The first-order chi connectivity index (χ1) is 15.1. The Labute approximate surface area is 182 Å². The number of nitrogens with two attached hydrogens (primary N) is 1. The van der Waals surface area contributed by atoms with Gasteiger partial charge in [-0.3, -0.25) is 9.80 Å². The molecule has 2 N–H and O–H groups in total. The van der Waals surface area contributed by atoms with E-state index in [0.29, 0.717) is 49.6 Å². The molecule has 32 heavy (non-hydrogen) atoms. The molecule has 11 heteroatoms. The number of carbonyl (C=O) groups excluding carboxylic acids is 1. The standard InChI is InChI=1S/C21H24F4N6O/c1-29(26)18-5-2-13(11-27-18)20(32)31(15-3-4-15)16-6-8-30(9-7-16)19-17(22)10-14(12-28-19)21(23,24)25/h2,5,10-12,15-16H,3-4,6-9,26H2,1H3. The first-order valence-electron chi connectivity index (χ1n) is 10.4. The first kappa shape index (κ1) is 22.3. The van der Waals surface area contributed by atoms with Crippen LogP contribution in [0.15, 0.2) is 30.6 Å². The molecule has 1 saturated heterocycles. The zero-order valence-electron chi connectivity index (χ0n) is 17.5. The van der Waals surface area contributed by atoms with E-state index in [1.165, 1.54) is 11.2 Å². The van der Waals surface area contributed by atoms with Gasteiger partial charge in [0.25, 0.3) is 5.91 Å². The molecule has 2 aromatic heterocycles. The van der Waals surface area contributed by atoms with Crippen LogP contribution in [-0.4, -0.2) is 53.0 Å². The van der Waals surface area contributed by atoms with E-state index < -0.39 is 17.6 Å². The van der Waals surface area contributed by atoms with Crippen molar-refractivity contribution in [3.05, 3.63) is 47.5 Å². The molecule has 0 bridgehead atoms. The van der Waals surface area contributed by atoms with Crippen molar-refractivity contribution in [2.75, 3.05) is 30.0 Å². The number of hydrogen-bond acceptors (Lipinski definition) is 6. The summed E-state index contributed by atoms with van der Waals surface area (Å²) in [5.74, 6) is 5.00. The fourth-order valence-electron chi connectivity index (χ4n) is 4.03. The summed E-state index contributed by atoms with van der Waals surface area (Å²) in [5.41, 5.74) is -0.639. The van der Waals surface area contributed by atoms with Crippen molar-refractivity contribution in [2.45, 2.75) is 43.9 Å². The summed E-state index contributed by atoms with van der Waals surface area (Å²) in [5, 5.41) is 1.36. The van der Waals surface area contributed by atoms with Gasteiger partial charge in [-0.25, -0.2) is 20.2 Å². The molecule has 7 nitrogen and oxygen atoms in total. The van der Waals surface area contributed by atoms with E-state index in [9.17, 15) is 22.4 Å². The molecule has 1 amide bonds. The highest BCUT2D eigenvalue weighted by atomic mass is 19.4. The fourth-order valence-corrected chi connectivity index (χ4v) is 4.03. The van der Waals surface area contributed by atoms with Crippen LogP contribution < -0.4 is 15.8 Å². The Hall–Kier alpha value is -2.95. The average molecular weight is 452 g/mol. The predicted molar refractivity (Wildman–Crippen MR) is 110 cm³/mol.